The summed E-state index contributed by atoms with van der Waals surface area (Å²) in [4.78, 5) is 54.6. The summed E-state index contributed by atoms with van der Waals surface area (Å²) in [6.45, 7) is 0.976. The Morgan fingerprint density at radius 2 is 1.04 bits per heavy atom. The molecule has 0 bridgehead atoms. The molecule has 7 rings (SSSR count). The molecule has 2 aliphatic rings. The molecule has 0 unspecified atom stereocenters. The van der Waals surface area contributed by atoms with Crippen LogP contribution in [-0.4, -0.2) is 68.8 Å². The first-order chi connectivity index (χ1) is 22.9. The van der Waals surface area contributed by atoms with Gasteiger partial charge < -0.3 is 33.7 Å². The largest absolute Gasteiger partial charge is 0.459 e. The minimum Gasteiger partial charge on any atom is -0.459 e. The summed E-state index contributed by atoms with van der Waals surface area (Å²) in [5, 5.41) is 14.1. The predicted molar refractivity (Wildman–Crippen MR) is 168 cm³/mol. The van der Waals surface area contributed by atoms with Crippen molar-refractivity contribution in [1.29, 1.82) is 0 Å². The first-order valence-electron chi connectivity index (χ1n) is 15.3. The number of likely N-dealkylation sites (tertiary alicyclic amines) is 2. The minimum absolute atomic E-state index is 0.211. The topological polar surface area (TPSA) is 164 Å². The van der Waals surface area contributed by atoms with E-state index in [-0.39, 0.29) is 35.1 Å². The van der Waals surface area contributed by atoms with Crippen LogP contribution >= 0.6 is 0 Å². The lowest BCUT2D eigenvalue weighted by atomic mass is 10.1. The highest BCUT2D eigenvalue weighted by Crippen LogP contribution is 2.28. The van der Waals surface area contributed by atoms with Crippen molar-refractivity contribution in [1.82, 2.24) is 20.0 Å². The Morgan fingerprint density at radius 1 is 0.617 bits per heavy atom. The van der Waals surface area contributed by atoms with Gasteiger partial charge in [0.1, 0.15) is 12.1 Å². The number of hydrogen-bond donors (Lipinski definition) is 2. The van der Waals surface area contributed by atoms with E-state index < -0.39 is 12.1 Å². The number of furan rings is 2. The van der Waals surface area contributed by atoms with Gasteiger partial charge in [0.15, 0.2) is 11.5 Å². The van der Waals surface area contributed by atoms with Crippen molar-refractivity contribution >= 4 is 35.0 Å². The van der Waals surface area contributed by atoms with Gasteiger partial charge in [0.2, 0.25) is 23.6 Å². The van der Waals surface area contributed by atoms with Crippen molar-refractivity contribution in [3.63, 3.8) is 0 Å². The number of nitrogens with zero attached hydrogens (tertiary/aromatic N) is 4. The number of amides is 4. The van der Waals surface area contributed by atoms with Gasteiger partial charge in [-0.1, -0.05) is 0 Å². The normalized spacial score (nSPS) is 17.5. The Bertz CT molecular complexity index is 1750. The van der Waals surface area contributed by atoms with Crippen LogP contribution in [0.4, 0.5) is 11.4 Å². The monoisotopic (exact) mass is 634 g/mol. The summed E-state index contributed by atoms with van der Waals surface area (Å²) in [6.07, 6.45) is 5.47. The number of nitrogens with one attached hydrogen (secondary N) is 2. The third kappa shape index (κ3) is 6.15. The summed E-state index contributed by atoms with van der Waals surface area (Å²) >= 11 is 0. The van der Waals surface area contributed by atoms with Gasteiger partial charge in [-0.3, -0.25) is 19.2 Å². The van der Waals surface area contributed by atoms with E-state index in [4.69, 9.17) is 13.3 Å². The van der Waals surface area contributed by atoms with Crippen LogP contribution in [0.5, 0.6) is 0 Å². The maximum absolute atomic E-state index is 13.0. The fraction of sp³-hybridized carbons (Fsp3) is 0.235. The van der Waals surface area contributed by atoms with Crippen LogP contribution < -0.4 is 10.6 Å². The smallest absolute Gasteiger partial charge is 0.290 e. The molecule has 0 radical (unpaired) electrons. The van der Waals surface area contributed by atoms with Crippen LogP contribution in [0.3, 0.4) is 0 Å². The molecular formula is C34H30N6O7. The van der Waals surface area contributed by atoms with E-state index in [9.17, 15) is 19.2 Å². The molecule has 2 aliphatic heterocycles. The van der Waals surface area contributed by atoms with Crippen molar-refractivity contribution < 1.29 is 32.4 Å². The average Bonchev–Trinajstić information content (AvgIpc) is 3.93. The molecular weight excluding hydrogens is 604 g/mol. The number of carbonyl (C=O) groups excluding carboxylic acids is 4. The first-order valence-corrected chi connectivity index (χ1v) is 15.3. The van der Waals surface area contributed by atoms with Crippen molar-refractivity contribution in [2.24, 2.45) is 0 Å². The molecule has 0 spiro atoms. The summed E-state index contributed by atoms with van der Waals surface area (Å²) < 4.78 is 16.4. The van der Waals surface area contributed by atoms with E-state index in [1.807, 2.05) is 0 Å². The zero-order chi connectivity index (χ0) is 32.3. The second-order valence-electron chi connectivity index (χ2n) is 11.3. The fourth-order valence-corrected chi connectivity index (χ4v) is 5.95. The number of hydrogen-bond acceptors (Lipinski definition) is 9. The summed E-state index contributed by atoms with van der Waals surface area (Å²) in [5.41, 5.74) is 2.46. The van der Waals surface area contributed by atoms with Crippen molar-refractivity contribution in [2.45, 2.75) is 37.8 Å². The summed E-state index contributed by atoms with van der Waals surface area (Å²) in [5.74, 6) is -0.122. The van der Waals surface area contributed by atoms with Gasteiger partial charge in [-0.15, -0.1) is 10.2 Å². The molecule has 238 valence electrons. The zero-order valence-electron chi connectivity index (χ0n) is 25.1. The molecule has 2 atom stereocenters. The molecule has 5 heterocycles. The van der Waals surface area contributed by atoms with E-state index >= 15 is 0 Å². The number of rotatable bonds is 8. The van der Waals surface area contributed by atoms with Crippen LogP contribution in [0.25, 0.3) is 22.9 Å². The van der Waals surface area contributed by atoms with Gasteiger partial charge in [0.05, 0.1) is 12.5 Å². The third-order valence-electron chi connectivity index (χ3n) is 8.32. The Balaban J connectivity index is 0.954. The fourth-order valence-electron chi connectivity index (χ4n) is 5.95. The highest BCUT2D eigenvalue weighted by molar-refractivity contribution is 6.01. The van der Waals surface area contributed by atoms with Crippen LogP contribution in [0, 0.1) is 0 Å². The van der Waals surface area contributed by atoms with Gasteiger partial charge in [-0.2, -0.15) is 0 Å². The highest BCUT2D eigenvalue weighted by atomic mass is 16.4. The third-order valence-corrected chi connectivity index (χ3v) is 8.32. The maximum atomic E-state index is 13.0. The quantitative estimate of drug-likeness (QED) is 0.237. The number of anilines is 2. The lowest BCUT2D eigenvalue weighted by Gasteiger charge is -2.23. The van der Waals surface area contributed by atoms with Crippen LogP contribution in [0.2, 0.25) is 0 Å². The SMILES string of the molecule is O=C(Nc1ccc(-c2nnc(-c3ccc(NC(=O)[C@@H]4CCCN4C(=O)c4ccco4)cc3)o2)cc1)[C@@H]1CCCN1C(=O)c1ccco1. The summed E-state index contributed by atoms with van der Waals surface area (Å²) in [7, 11) is 0. The molecule has 47 heavy (non-hydrogen) atoms. The average molecular weight is 635 g/mol. The Kier molecular flexibility index (Phi) is 8.09. The van der Waals surface area contributed by atoms with Gasteiger partial charge >= 0.3 is 0 Å². The van der Waals surface area contributed by atoms with Crippen LogP contribution in [0.15, 0.2) is 98.6 Å². The molecule has 2 fully saturated rings. The molecule has 0 aliphatic carbocycles. The van der Waals surface area contributed by atoms with Crippen LogP contribution in [0.1, 0.15) is 46.8 Å². The van der Waals surface area contributed by atoms with E-state index in [0.717, 1.165) is 12.8 Å². The minimum atomic E-state index is -0.584. The van der Waals surface area contributed by atoms with E-state index in [0.29, 0.717) is 60.2 Å². The zero-order valence-corrected chi connectivity index (χ0v) is 25.1. The molecule has 3 aromatic heterocycles. The Morgan fingerprint density at radius 3 is 1.43 bits per heavy atom. The number of aromatic nitrogens is 2. The van der Waals surface area contributed by atoms with E-state index in [1.165, 1.54) is 22.3 Å². The Labute approximate surface area is 268 Å². The maximum Gasteiger partial charge on any atom is 0.290 e. The lowest BCUT2D eigenvalue weighted by molar-refractivity contribution is -0.120. The molecule has 5 aromatic rings. The van der Waals surface area contributed by atoms with Gasteiger partial charge in [-0.05, 0) is 98.5 Å². The van der Waals surface area contributed by atoms with Crippen molar-refractivity contribution in [3.05, 3.63) is 96.8 Å². The standard InChI is InChI=1S/C34H30N6O7/c41-29(25-5-1-17-39(25)33(43)27-7-3-19-45-27)35-23-13-9-21(10-14-23)31-37-38-32(47-31)22-11-15-24(16-12-22)36-30(42)26-6-2-18-40(26)34(44)28-8-4-20-46-28/h3-4,7-16,19-20,25-26H,1-2,5-6,17-18H2,(H,35,41)(H,36,42)/t25-,26-/m0/s1. The van der Waals surface area contributed by atoms with Crippen molar-refractivity contribution in [3.8, 4) is 22.9 Å². The first kappa shape index (κ1) is 29.7. The van der Waals surface area contributed by atoms with E-state index in [1.54, 1.807) is 72.8 Å². The van der Waals surface area contributed by atoms with Gasteiger partial charge in [-0.25, -0.2) is 0 Å². The summed E-state index contributed by atoms with van der Waals surface area (Å²) in [6, 6.07) is 19.3. The van der Waals surface area contributed by atoms with Crippen LogP contribution in [-0.2, 0) is 9.59 Å². The number of benzene rings is 2. The van der Waals surface area contributed by atoms with E-state index in [2.05, 4.69) is 20.8 Å². The molecule has 2 N–H and O–H groups in total. The lowest BCUT2D eigenvalue weighted by Crippen LogP contribution is -2.43. The molecule has 13 nitrogen and oxygen atoms in total. The molecule has 4 amide bonds. The molecule has 2 saturated heterocycles. The second-order valence-corrected chi connectivity index (χ2v) is 11.3. The Hall–Kier alpha value is -5.98. The van der Waals surface area contributed by atoms with Crippen molar-refractivity contribution in [2.75, 3.05) is 23.7 Å². The highest BCUT2D eigenvalue weighted by Gasteiger charge is 2.36. The van der Waals surface area contributed by atoms with Gasteiger partial charge in [0, 0.05) is 35.6 Å². The molecule has 2 aromatic carbocycles. The molecule has 13 heteroatoms. The second kappa shape index (κ2) is 12.8. The molecule has 0 saturated carbocycles. The number of carbonyl (C=O) groups is 4. The predicted octanol–water partition coefficient (Wildman–Crippen LogP) is 5.08. The van der Waals surface area contributed by atoms with Gasteiger partial charge in [0.25, 0.3) is 11.8 Å².